The fourth-order valence-corrected chi connectivity index (χ4v) is 14.8. The highest BCUT2D eigenvalue weighted by Crippen LogP contribution is 2.31. The molecule has 2 aromatic rings. The molecule has 0 atom stereocenters. The topological polar surface area (TPSA) is 71.1 Å². The molecule has 2 aromatic carbocycles. The van der Waals surface area contributed by atoms with E-state index >= 15 is 0 Å². The minimum atomic E-state index is -0.0952. The molecule has 0 aromatic heterocycles. The summed E-state index contributed by atoms with van der Waals surface area (Å²) in [5.74, 6) is 1.89. The lowest BCUT2D eigenvalue weighted by Gasteiger charge is -2.11. The molecule has 0 radical (unpaired) electrons. The zero-order valence-corrected chi connectivity index (χ0v) is 49.0. The van der Waals surface area contributed by atoms with Gasteiger partial charge in [0.05, 0.1) is 40.7 Å². The van der Waals surface area contributed by atoms with Gasteiger partial charge in [-0.05, 0) is 198 Å². The lowest BCUT2D eigenvalue weighted by atomic mass is 10.0. The van der Waals surface area contributed by atoms with Crippen LogP contribution < -0.4 is 9.47 Å². The lowest BCUT2D eigenvalue weighted by molar-refractivity contribution is -0.146. The maximum atomic E-state index is 12.1. The van der Waals surface area contributed by atoms with Crippen molar-refractivity contribution in [2.75, 3.05) is 26.4 Å². The van der Waals surface area contributed by atoms with Crippen molar-refractivity contribution in [3.8, 4) is 11.5 Å². The molecule has 0 aliphatic rings. The summed E-state index contributed by atoms with van der Waals surface area (Å²) in [5, 5.41) is 0. The number of carbonyl (C=O) groups is 2. The summed E-state index contributed by atoms with van der Waals surface area (Å²) in [6.07, 6.45) is 34.8. The summed E-state index contributed by atoms with van der Waals surface area (Å²) in [5.41, 5.74) is 0. The van der Waals surface area contributed by atoms with E-state index in [-0.39, 0.29) is 11.9 Å². The zero-order chi connectivity index (χ0) is 43.5. The van der Waals surface area contributed by atoms with Gasteiger partial charge in [0.15, 0.2) is 0 Å². The Bertz CT molecular complexity index is 1270. The molecule has 0 aliphatic heterocycles. The van der Waals surface area contributed by atoms with Gasteiger partial charge in [0.2, 0.25) is 0 Å². The number of rotatable bonds is 39. The SMILES string of the molecule is O=C(CCCCCCCCCCCCCCCOc1c(I)cc(I)cc1I)OCCCCOC(=O)CCCCCCCCCCCCCCCOc1c(I)cc(I)cc1I. The van der Waals surface area contributed by atoms with E-state index in [1.54, 1.807) is 0 Å². The summed E-state index contributed by atoms with van der Waals surface area (Å²) < 4.78 is 30.2. The van der Waals surface area contributed by atoms with Crippen LogP contribution in [0.4, 0.5) is 0 Å². The average Bonchev–Trinajstić information content (AvgIpc) is 3.20. The van der Waals surface area contributed by atoms with Gasteiger partial charge < -0.3 is 18.9 Å². The Morgan fingerprint density at radius 3 is 0.800 bits per heavy atom. The van der Waals surface area contributed by atoms with E-state index in [0.29, 0.717) is 26.1 Å². The molecule has 0 amide bonds. The Morgan fingerprint density at radius 2 is 0.533 bits per heavy atom. The van der Waals surface area contributed by atoms with Crippen LogP contribution in [0.1, 0.15) is 193 Å². The van der Waals surface area contributed by atoms with Crippen molar-refractivity contribution in [3.05, 3.63) is 45.7 Å². The van der Waals surface area contributed by atoms with Crippen molar-refractivity contribution in [1.29, 1.82) is 0 Å². The molecule has 2 rings (SSSR count). The van der Waals surface area contributed by atoms with Gasteiger partial charge in [-0.25, -0.2) is 0 Å². The van der Waals surface area contributed by atoms with Gasteiger partial charge in [0.1, 0.15) is 11.5 Å². The molecule has 342 valence electrons. The van der Waals surface area contributed by atoms with E-state index in [1.165, 1.54) is 150 Å². The van der Waals surface area contributed by atoms with Gasteiger partial charge in [0, 0.05) is 20.0 Å². The number of hydrogen-bond acceptors (Lipinski definition) is 6. The molecule has 0 saturated carbocycles. The maximum absolute atomic E-state index is 12.1. The fraction of sp³-hybridized carbons (Fsp3) is 0.708. The first kappa shape index (κ1) is 57.5. The van der Waals surface area contributed by atoms with E-state index in [4.69, 9.17) is 18.9 Å². The largest absolute Gasteiger partial charge is 0.491 e. The molecule has 12 heteroatoms. The second-order valence-corrected chi connectivity index (χ2v) is 23.1. The molecule has 6 nitrogen and oxygen atoms in total. The minimum absolute atomic E-state index is 0.0952. The van der Waals surface area contributed by atoms with Crippen LogP contribution in [0.5, 0.6) is 11.5 Å². The second kappa shape index (κ2) is 39.5. The normalized spacial score (nSPS) is 11.2. The number of carbonyl (C=O) groups excluding carboxylic acids is 2. The third-order valence-corrected chi connectivity index (χ3v) is 15.0. The maximum Gasteiger partial charge on any atom is 0.305 e. The third kappa shape index (κ3) is 31.3. The summed E-state index contributed by atoms with van der Waals surface area (Å²) in [4.78, 5) is 24.1. The molecule has 0 heterocycles. The number of halogens is 6. The zero-order valence-electron chi connectivity index (χ0n) is 36.1. The van der Waals surface area contributed by atoms with Crippen LogP contribution in [0.15, 0.2) is 24.3 Å². The van der Waals surface area contributed by atoms with Crippen LogP contribution in [0.3, 0.4) is 0 Å². The summed E-state index contributed by atoms with van der Waals surface area (Å²) in [7, 11) is 0. The van der Waals surface area contributed by atoms with Crippen LogP contribution in [0.2, 0.25) is 0 Å². The monoisotopic (exact) mass is 1510 g/mol. The summed E-state index contributed by atoms with van der Waals surface area (Å²) in [6, 6.07) is 8.69. The molecular weight excluding hydrogens is 1430 g/mol. The van der Waals surface area contributed by atoms with Crippen molar-refractivity contribution < 1.29 is 28.5 Å². The third-order valence-electron chi connectivity index (χ3n) is 10.5. The van der Waals surface area contributed by atoms with E-state index in [0.717, 1.165) is 76.1 Å². The molecule has 0 fully saturated rings. The molecular formula is C48H72I6O6. The van der Waals surface area contributed by atoms with Gasteiger partial charge in [-0.15, -0.1) is 0 Å². The average molecular weight is 1510 g/mol. The Kier molecular flexibility index (Phi) is 37.9. The Balaban J connectivity index is 1.22. The standard InChI is InChI=1S/C48H72I6O6/c49-39-35-41(51)47(42(52)36-39)59-33-25-21-17-13-9-5-1-3-7-11-15-19-23-29-45(55)57-31-27-28-32-58-46(56)30-24-20-16-12-8-4-2-6-10-14-18-22-26-34-60-48-43(53)37-40(50)38-44(48)54/h35-38H,1-34H2. The molecule has 0 aliphatic carbocycles. The van der Waals surface area contributed by atoms with Crippen molar-refractivity contribution in [2.24, 2.45) is 0 Å². The van der Waals surface area contributed by atoms with Crippen molar-refractivity contribution >= 4 is 147 Å². The Hall–Kier alpha value is 1.36. The highest BCUT2D eigenvalue weighted by Gasteiger charge is 2.10. The van der Waals surface area contributed by atoms with Gasteiger partial charge in [-0.1, -0.05) is 141 Å². The minimum Gasteiger partial charge on any atom is -0.491 e. The number of ether oxygens (including phenoxy) is 4. The van der Waals surface area contributed by atoms with E-state index < -0.39 is 0 Å². The Morgan fingerprint density at radius 1 is 0.317 bits per heavy atom. The van der Waals surface area contributed by atoms with Crippen molar-refractivity contribution in [2.45, 2.75) is 193 Å². The summed E-state index contributed by atoms with van der Waals surface area (Å²) >= 11 is 14.2. The Labute approximate surface area is 446 Å². The number of benzene rings is 2. The number of esters is 2. The second-order valence-electron chi connectivity index (χ2n) is 15.9. The first-order valence-electron chi connectivity index (χ1n) is 23.0. The van der Waals surface area contributed by atoms with Gasteiger partial charge >= 0.3 is 11.9 Å². The molecule has 60 heavy (non-hydrogen) atoms. The lowest BCUT2D eigenvalue weighted by Crippen LogP contribution is -2.08. The quantitative estimate of drug-likeness (QED) is 0.0377. The van der Waals surface area contributed by atoms with Crippen LogP contribution in [-0.2, 0) is 19.1 Å². The molecule has 0 unspecified atom stereocenters. The van der Waals surface area contributed by atoms with Gasteiger partial charge in [-0.3, -0.25) is 9.59 Å². The highest BCUT2D eigenvalue weighted by atomic mass is 127. The van der Waals surface area contributed by atoms with E-state index in [2.05, 4.69) is 160 Å². The van der Waals surface area contributed by atoms with E-state index in [9.17, 15) is 9.59 Å². The predicted octanol–water partition coefficient (Wildman–Crippen LogP) is 17.6. The number of unbranched alkanes of at least 4 members (excludes halogenated alkanes) is 25. The molecule has 0 bridgehead atoms. The molecule has 0 N–H and O–H groups in total. The molecule has 0 saturated heterocycles. The predicted molar refractivity (Wildman–Crippen MR) is 301 cm³/mol. The highest BCUT2D eigenvalue weighted by molar-refractivity contribution is 14.1. The molecule has 0 spiro atoms. The van der Waals surface area contributed by atoms with Crippen LogP contribution in [0, 0.1) is 21.4 Å². The smallest absolute Gasteiger partial charge is 0.305 e. The first-order valence-corrected chi connectivity index (χ1v) is 29.5. The van der Waals surface area contributed by atoms with Crippen molar-refractivity contribution in [1.82, 2.24) is 0 Å². The number of hydrogen-bond donors (Lipinski definition) is 0. The first-order chi connectivity index (χ1) is 29.2. The van der Waals surface area contributed by atoms with Crippen LogP contribution in [-0.4, -0.2) is 38.4 Å². The van der Waals surface area contributed by atoms with Crippen molar-refractivity contribution in [3.63, 3.8) is 0 Å². The van der Waals surface area contributed by atoms with Crippen LogP contribution in [0.25, 0.3) is 0 Å². The van der Waals surface area contributed by atoms with Gasteiger partial charge in [0.25, 0.3) is 0 Å². The van der Waals surface area contributed by atoms with Gasteiger partial charge in [-0.2, -0.15) is 0 Å². The fourth-order valence-electron chi connectivity index (χ4n) is 7.03. The van der Waals surface area contributed by atoms with Crippen LogP contribution >= 0.6 is 136 Å². The summed E-state index contributed by atoms with van der Waals surface area (Å²) in [6.45, 7) is 2.46. The van der Waals surface area contributed by atoms with E-state index in [1.807, 2.05) is 0 Å².